The fraction of sp³-hybridized carbons (Fsp3) is 0.611. The van der Waals surface area contributed by atoms with Crippen molar-refractivity contribution in [3.05, 3.63) is 11.6 Å². The number of urea groups is 1. The third kappa shape index (κ3) is 5.63. The van der Waals surface area contributed by atoms with Gasteiger partial charge in [0, 0.05) is 19.5 Å². The number of nitrogens with one attached hydrogen (secondary N) is 1. The number of esters is 1. The van der Waals surface area contributed by atoms with E-state index in [0.717, 1.165) is 30.6 Å². The quantitative estimate of drug-likeness (QED) is 0.208. The molecule has 0 unspecified atom stereocenters. The van der Waals surface area contributed by atoms with Crippen molar-refractivity contribution >= 4 is 29.7 Å². The van der Waals surface area contributed by atoms with E-state index in [4.69, 9.17) is 0 Å². The molecule has 0 radical (unpaired) electrons. The van der Waals surface area contributed by atoms with Crippen molar-refractivity contribution in [2.45, 2.75) is 44.9 Å². The molecule has 148 valence electrons. The minimum Gasteiger partial charge on any atom is -0.469 e. The van der Waals surface area contributed by atoms with E-state index in [2.05, 4.69) is 16.1 Å². The zero-order chi connectivity index (χ0) is 19.8. The highest BCUT2D eigenvalue weighted by molar-refractivity contribution is 6.45. The summed E-state index contributed by atoms with van der Waals surface area (Å²) in [5, 5.41) is 2.51. The molecule has 2 rings (SSSR count). The van der Waals surface area contributed by atoms with Crippen LogP contribution in [-0.2, 0) is 23.9 Å². The van der Waals surface area contributed by atoms with Crippen molar-refractivity contribution in [2.24, 2.45) is 0 Å². The molecule has 0 aromatic rings. The molecule has 1 saturated heterocycles. The molecule has 0 bridgehead atoms. The maximum Gasteiger partial charge on any atom is 0.334 e. The Hall–Kier alpha value is -2.71. The third-order valence-electron chi connectivity index (χ3n) is 4.59. The Morgan fingerprint density at radius 1 is 1.15 bits per heavy atom. The lowest BCUT2D eigenvalue weighted by atomic mass is 9.97. The molecule has 0 spiro atoms. The average molecular weight is 379 g/mol. The first kappa shape index (κ1) is 20.6. The van der Waals surface area contributed by atoms with Gasteiger partial charge in [0.15, 0.2) is 0 Å². The summed E-state index contributed by atoms with van der Waals surface area (Å²) in [6.07, 6.45) is 7.39. The van der Waals surface area contributed by atoms with Crippen LogP contribution in [0.3, 0.4) is 0 Å². The van der Waals surface area contributed by atoms with Crippen molar-refractivity contribution in [1.82, 2.24) is 15.1 Å². The second-order valence-corrected chi connectivity index (χ2v) is 6.52. The third-order valence-corrected chi connectivity index (χ3v) is 4.59. The molecule has 5 amide bonds. The summed E-state index contributed by atoms with van der Waals surface area (Å²) in [4.78, 5) is 60.9. The Balaban J connectivity index is 1.81. The smallest absolute Gasteiger partial charge is 0.334 e. The number of amides is 5. The largest absolute Gasteiger partial charge is 0.469 e. The number of hydrogen-bond donors (Lipinski definition) is 1. The van der Waals surface area contributed by atoms with Gasteiger partial charge in [0.05, 0.1) is 7.11 Å². The number of rotatable bonds is 9. The lowest BCUT2D eigenvalue weighted by Gasteiger charge is -2.17. The van der Waals surface area contributed by atoms with Crippen LogP contribution >= 0.6 is 0 Å². The molecule has 9 heteroatoms. The van der Waals surface area contributed by atoms with Gasteiger partial charge in [0.1, 0.15) is 6.54 Å². The van der Waals surface area contributed by atoms with E-state index in [-0.39, 0.29) is 25.5 Å². The van der Waals surface area contributed by atoms with Gasteiger partial charge < -0.3 is 10.1 Å². The predicted octanol–water partition coefficient (Wildman–Crippen LogP) is 0.737. The van der Waals surface area contributed by atoms with Gasteiger partial charge >= 0.3 is 23.8 Å². The van der Waals surface area contributed by atoms with E-state index in [0.29, 0.717) is 17.7 Å². The Kier molecular flexibility index (Phi) is 7.51. The first-order valence-electron chi connectivity index (χ1n) is 9.12. The zero-order valence-electron chi connectivity index (χ0n) is 15.5. The van der Waals surface area contributed by atoms with E-state index >= 15 is 0 Å². The van der Waals surface area contributed by atoms with E-state index in [1.54, 1.807) is 0 Å². The molecule has 27 heavy (non-hydrogen) atoms. The highest BCUT2D eigenvalue weighted by atomic mass is 16.5. The minimum absolute atomic E-state index is 0.145. The summed E-state index contributed by atoms with van der Waals surface area (Å²) in [6.45, 7) is -0.163. The van der Waals surface area contributed by atoms with Gasteiger partial charge in [-0.3, -0.25) is 24.1 Å². The number of ether oxygens (including phenoxy) is 1. The van der Waals surface area contributed by atoms with Crippen LogP contribution in [0.15, 0.2) is 11.6 Å². The lowest BCUT2D eigenvalue weighted by Crippen LogP contribution is -2.41. The summed E-state index contributed by atoms with van der Waals surface area (Å²) in [5.41, 5.74) is 1.19. The first-order chi connectivity index (χ1) is 12.9. The fourth-order valence-corrected chi connectivity index (χ4v) is 3.04. The second-order valence-electron chi connectivity index (χ2n) is 6.52. The van der Waals surface area contributed by atoms with Crippen LogP contribution in [0.2, 0.25) is 0 Å². The molecule has 0 saturated carbocycles. The van der Waals surface area contributed by atoms with Crippen molar-refractivity contribution < 1.29 is 28.7 Å². The number of allylic oxidation sites excluding steroid dienone is 1. The highest BCUT2D eigenvalue weighted by Crippen LogP contribution is 2.21. The van der Waals surface area contributed by atoms with Gasteiger partial charge in [-0.2, -0.15) is 0 Å². The van der Waals surface area contributed by atoms with Crippen molar-refractivity contribution in [3.8, 4) is 0 Å². The highest BCUT2D eigenvalue weighted by Gasteiger charge is 2.44. The molecule has 1 heterocycles. The summed E-state index contributed by atoms with van der Waals surface area (Å²) in [7, 11) is 1.28. The van der Waals surface area contributed by atoms with Crippen LogP contribution in [0.5, 0.6) is 0 Å². The number of hydrogen-bond acceptors (Lipinski definition) is 6. The van der Waals surface area contributed by atoms with Gasteiger partial charge in [-0.25, -0.2) is 9.69 Å². The van der Waals surface area contributed by atoms with E-state index in [1.807, 2.05) is 0 Å². The molecule has 1 fully saturated rings. The number of nitrogens with zero attached hydrogens (tertiary/aromatic N) is 2. The Morgan fingerprint density at radius 3 is 2.56 bits per heavy atom. The summed E-state index contributed by atoms with van der Waals surface area (Å²) >= 11 is 0. The molecule has 0 atom stereocenters. The van der Waals surface area contributed by atoms with Crippen LogP contribution in [-0.4, -0.2) is 66.3 Å². The maximum absolute atomic E-state index is 12.3. The van der Waals surface area contributed by atoms with Crippen LogP contribution in [0.1, 0.15) is 44.9 Å². The van der Waals surface area contributed by atoms with Crippen LogP contribution < -0.4 is 5.32 Å². The molecular weight excluding hydrogens is 354 g/mol. The number of methoxy groups -OCH3 is 1. The molecule has 0 aromatic carbocycles. The van der Waals surface area contributed by atoms with Crippen LogP contribution in [0.25, 0.3) is 0 Å². The Morgan fingerprint density at radius 2 is 1.89 bits per heavy atom. The van der Waals surface area contributed by atoms with Crippen molar-refractivity contribution in [1.29, 1.82) is 0 Å². The monoisotopic (exact) mass is 379 g/mol. The molecule has 1 N–H and O–H groups in total. The minimum atomic E-state index is -0.984. The van der Waals surface area contributed by atoms with E-state index in [9.17, 15) is 24.0 Å². The number of carbonyl (C=O) groups is 5. The van der Waals surface area contributed by atoms with Gasteiger partial charge in [0.25, 0.3) is 0 Å². The van der Waals surface area contributed by atoms with Gasteiger partial charge in [-0.05, 0) is 38.5 Å². The number of imide groups is 2. The SMILES string of the molecule is COC(=O)CCCNC(=O)CN1C(=O)C(=O)N(CCC2=CCCCC2)C1=O. The maximum atomic E-state index is 12.3. The van der Waals surface area contributed by atoms with Gasteiger partial charge in [0.2, 0.25) is 5.91 Å². The predicted molar refractivity (Wildman–Crippen MR) is 94.2 cm³/mol. The fourth-order valence-electron chi connectivity index (χ4n) is 3.04. The summed E-state index contributed by atoms with van der Waals surface area (Å²) in [6, 6.07) is -0.758. The second kappa shape index (κ2) is 9.84. The first-order valence-corrected chi connectivity index (χ1v) is 9.12. The standard InChI is InChI=1S/C18H25N3O6/c1-27-15(23)8-5-10-19-14(22)12-21-17(25)16(24)20(18(21)26)11-9-13-6-3-2-4-7-13/h6H,2-5,7-12H2,1H3,(H,19,22). The summed E-state index contributed by atoms with van der Waals surface area (Å²) in [5.74, 6) is -2.83. The lowest BCUT2D eigenvalue weighted by molar-refractivity contribution is -0.144. The molecule has 9 nitrogen and oxygen atoms in total. The molecule has 0 aromatic heterocycles. The van der Waals surface area contributed by atoms with Crippen LogP contribution in [0, 0.1) is 0 Å². The topological polar surface area (TPSA) is 113 Å². The summed E-state index contributed by atoms with van der Waals surface area (Å²) < 4.78 is 4.49. The molecule has 1 aliphatic heterocycles. The Labute approximate surface area is 157 Å². The van der Waals surface area contributed by atoms with E-state index < -0.39 is 30.3 Å². The molecular formula is C18H25N3O6. The van der Waals surface area contributed by atoms with Crippen LogP contribution in [0.4, 0.5) is 4.79 Å². The zero-order valence-corrected chi connectivity index (χ0v) is 15.5. The molecule has 1 aliphatic carbocycles. The average Bonchev–Trinajstić information content (AvgIpc) is 2.87. The number of carbonyl (C=O) groups excluding carboxylic acids is 5. The van der Waals surface area contributed by atoms with Gasteiger partial charge in [-0.1, -0.05) is 11.6 Å². The van der Waals surface area contributed by atoms with Gasteiger partial charge in [-0.15, -0.1) is 0 Å². The Bertz CT molecular complexity index is 657. The normalized spacial score (nSPS) is 17.2. The van der Waals surface area contributed by atoms with E-state index in [1.165, 1.54) is 12.7 Å². The molecule has 2 aliphatic rings. The van der Waals surface area contributed by atoms with Crippen molar-refractivity contribution in [2.75, 3.05) is 26.7 Å². The van der Waals surface area contributed by atoms with Crippen molar-refractivity contribution in [3.63, 3.8) is 0 Å².